The fourth-order valence-corrected chi connectivity index (χ4v) is 2.43. The van der Waals surface area contributed by atoms with Crippen LogP contribution in [0.4, 0.5) is 5.82 Å². The van der Waals surface area contributed by atoms with Crippen LogP contribution >= 0.6 is 11.6 Å². The molecule has 1 aliphatic rings. The summed E-state index contributed by atoms with van der Waals surface area (Å²) in [6.07, 6.45) is 0.966. The summed E-state index contributed by atoms with van der Waals surface area (Å²) in [6, 6.07) is 3.10. The Morgan fingerprint density at radius 2 is 2.44 bits per heavy atom. The van der Waals surface area contributed by atoms with Gasteiger partial charge in [-0.05, 0) is 18.6 Å². The first kappa shape index (κ1) is 13.1. The molecule has 0 radical (unpaired) electrons. The maximum atomic E-state index is 12.2. The molecular weight excluding hydrogens is 254 g/mol. The van der Waals surface area contributed by atoms with E-state index in [9.17, 15) is 4.79 Å². The Morgan fingerprint density at radius 3 is 3.11 bits per heavy atom. The standard InChI is InChI=1S/C12H16ClN3O2/c1-18-7-8-2-3-16(6-8)12(17)9-4-10(13)15-11(14)5-9/h4-5,8H,2-3,6-7H2,1H3,(H2,14,15). The van der Waals surface area contributed by atoms with Crippen LogP contribution in [0.15, 0.2) is 12.1 Å². The largest absolute Gasteiger partial charge is 0.384 e. The molecule has 1 aliphatic heterocycles. The number of pyridine rings is 1. The number of anilines is 1. The molecule has 6 heteroatoms. The zero-order valence-corrected chi connectivity index (χ0v) is 11.0. The number of likely N-dealkylation sites (tertiary alicyclic amines) is 1. The van der Waals surface area contributed by atoms with Crippen LogP contribution in [0, 0.1) is 5.92 Å². The van der Waals surface area contributed by atoms with E-state index in [-0.39, 0.29) is 16.9 Å². The van der Waals surface area contributed by atoms with Gasteiger partial charge in [-0.2, -0.15) is 0 Å². The minimum atomic E-state index is -0.0513. The SMILES string of the molecule is COCC1CCN(C(=O)c2cc(N)nc(Cl)c2)C1. The number of rotatable bonds is 3. The van der Waals surface area contributed by atoms with Gasteiger partial charge < -0.3 is 15.4 Å². The lowest BCUT2D eigenvalue weighted by molar-refractivity contribution is 0.0775. The van der Waals surface area contributed by atoms with Crippen LogP contribution in [0.25, 0.3) is 0 Å². The number of aromatic nitrogens is 1. The summed E-state index contributed by atoms with van der Waals surface area (Å²) >= 11 is 5.80. The number of methoxy groups -OCH3 is 1. The molecule has 0 spiro atoms. The van der Waals surface area contributed by atoms with Crippen LogP contribution in [0.1, 0.15) is 16.8 Å². The Balaban J connectivity index is 2.08. The molecule has 98 valence electrons. The van der Waals surface area contributed by atoms with Crippen molar-refractivity contribution in [3.63, 3.8) is 0 Å². The van der Waals surface area contributed by atoms with Crippen LogP contribution in [-0.4, -0.2) is 42.6 Å². The number of amides is 1. The first-order chi connectivity index (χ1) is 8.60. The molecule has 2 rings (SSSR count). The fraction of sp³-hybridized carbons (Fsp3) is 0.500. The van der Waals surface area contributed by atoms with Crippen molar-refractivity contribution in [1.29, 1.82) is 0 Å². The number of hydrogen-bond acceptors (Lipinski definition) is 4. The third kappa shape index (κ3) is 2.91. The van der Waals surface area contributed by atoms with Gasteiger partial charge in [-0.3, -0.25) is 4.79 Å². The molecule has 18 heavy (non-hydrogen) atoms. The van der Waals surface area contributed by atoms with E-state index in [1.54, 1.807) is 24.1 Å². The van der Waals surface area contributed by atoms with Gasteiger partial charge in [0.15, 0.2) is 0 Å². The summed E-state index contributed by atoms with van der Waals surface area (Å²) < 4.78 is 5.11. The lowest BCUT2D eigenvalue weighted by Gasteiger charge is -2.16. The summed E-state index contributed by atoms with van der Waals surface area (Å²) in [5.41, 5.74) is 6.08. The van der Waals surface area contributed by atoms with Crippen LogP contribution in [-0.2, 0) is 4.74 Å². The van der Waals surface area contributed by atoms with E-state index in [1.165, 1.54) is 0 Å². The Labute approximate surface area is 111 Å². The minimum Gasteiger partial charge on any atom is -0.384 e. The van der Waals surface area contributed by atoms with Gasteiger partial charge in [0.25, 0.3) is 5.91 Å². The maximum absolute atomic E-state index is 12.2. The molecule has 1 fully saturated rings. The van der Waals surface area contributed by atoms with Gasteiger partial charge in [0.1, 0.15) is 11.0 Å². The number of carbonyl (C=O) groups is 1. The molecule has 1 atom stereocenters. The van der Waals surface area contributed by atoms with Gasteiger partial charge >= 0.3 is 0 Å². The highest BCUT2D eigenvalue weighted by molar-refractivity contribution is 6.29. The van der Waals surface area contributed by atoms with Crippen LogP contribution in [0.3, 0.4) is 0 Å². The Kier molecular flexibility index (Phi) is 4.04. The van der Waals surface area contributed by atoms with Crippen LogP contribution in [0.5, 0.6) is 0 Å². The first-order valence-electron chi connectivity index (χ1n) is 5.81. The molecular formula is C12H16ClN3O2. The number of carbonyl (C=O) groups excluding carboxylic acids is 1. The predicted octanol–water partition coefficient (Wildman–Crippen LogP) is 1.43. The smallest absolute Gasteiger partial charge is 0.254 e. The summed E-state index contributed by atoms with van der Waals surface area (Å²) in [5.74, 6) is 0.622. The third-order valence-electron chi connectivity index (χ3n) is 3.04. The van der Waals surface area contributed by atoms with E-state index in [2.05, 4.69) is 4.98 Å². The Bertz CT molecular complexity index is 433. The van der Waals surface area contributed by atoms with E-state index in [0.29, 0.717) is 24.6 Å². The van der Waals surface area contributed by atoms with Crippen LogP contribution in [0.2, 0.25) is 5.15 Å². The van der Waals surface area contributed by atoms with Crippen molar-refractivity contribution in [1.82, 2.24) is 9.88 Å². The topological polar surface area (TPSA) is 68.5 Å². The summed E-state index contributed by atoms with van der Waals surface area (Å²) in [5, 5.41) is 0.242. The molecule has 1 aromatic rings. The van der Waals surface area contributed by atoms with Crippen molar-refractivity contribution in [2.24, 2.45) is 5.92 Å². The number of hydrogen-bond donors (Lipinski definition) is 1. The second-order valence-electron chi connectivity index (χ2n) is 4.46. The van der Waals surface area contributed by atoms with Crippen molar-refractivity contribution in [2.45, 2.75) is 6.42 Å². The fourth-order valence-electron chi connectivity index (χ4n) is 2.21. The molecule has 0 saturated carbocycles. The average Bonchev–Trinajstić information content (AvgIpc) is 2.76. The molecule has 1 unspecified atom stereocenters. The molecule has 0 aliphatic carbocycles. The number of halogens is 1. The molecule has 2 heterocycles. The number of nitrogen functional groups attached to an aromatic ring is 1. The molecule has 1 saturated heterocycles. The Hall–Kier alpha value is -1.33. The summed E-state index contributed by atoms with van der Waals surface area (Å²) in [7, 11) is 1.67. The summed E-state index contributed by atoms with van der Waals surface area (Å²) in [4.78, 5) is 17.9. The molecule has 1 aromatic heterocycles. The van der Waals surface area contributed by atoms with Gasteiger partial charge in [-0.1, -0.05) is 11.6 Å². The zero-order chi connectivity index (χ0) is 13.1. The highest BCUT2D eigenvalue weighted by Crippen LogP contribution is 2.20. The summed E-state index contributed by atoms with van der Waals surface area (Å²) in [6.45, 7) is 2.14. The van der Waals surface area contributed by atoms with E-state index < -0.39 is 0 Å². The monoisotopic (exact) mass is 269 g/mol. The van der Waals surface area contributed by atoms with Gasteiger partial charge in [0.05, 0.1) is 6.61 Å². The molecule has 0 aromatic carbocycles. The highest BCUT2D eigenvalue weighted by Gasteiger charge is 2.27. The maximum Gasteiger partial charge on any atom is 0.254 e. The van der Waals surface area contributed by atoms with Crippen LogP contribution < -0.4 is 5.73 Å². The van der Waals surface area contributed by atoms with Crippen molar-refractivity contribution in [3.05, 3.63) is 22.8 Å². The van der Waals surface area contributed by atoms with Crippen molar-refractivity contribution in [3.8, 4) is 0 Å². The highest BCUT2D eigenvalue weighted by atomic mass is 35.5. The van der Waals surface area contributed by atoms with Crippen molar-refractivity contribution in [2.75, 3.05) is 32.5 Å². The Morgan fingerprint density at radius 1 is 1.67 bits per heavy atom. The van der Waals surface area contributed by atoms with Gasteiger partial charge in [-0.15, -0.1) is 0 Å². The lowest BCUT2D eigenvalue weighted by atomic mass is 10.1. The second-order valence-corrected chi connectivity index (χ2v) is 4.85. The number of nitrogens with zero attached hydrogens (tertiary/aromatic N) is 2. The van der Waals surface area contributed by atoms with E-state index in [4.69, 9.17) is 22.1 Å². The van der Waals surface area contributed by atoms with E-state index in [0.717, 1.165) is 13.0 Å². The zero-order valence-electron chi connectivity index (χ0n) is 10.2. The minimum absolute atomic E-state index is 0.0513. The quantitative estimate of drug-likeness (QED) is 0.843. The third-order valence-corrected chi connectivity index (χ3v) is 3.23. The van der Waals surface area contributed by atoms with Gasteiger partial charge in [-0.25, -0.2) is 4.98 Å². The molecule has 1 amide bonds. The van der Waals surface area contributed by atoms with E-state index >= 15 is 0 Å². The number of nitrogens with two attached hydrogens (primary N) is 1. The van der Waals surface area contributed by atoms with Crippen molar-refractivity contribution >= 4 is 23.3 Å². The predicted molar refractivity (Wildman–Crippen MR) is 69.5 cm³/mol. The molecule has 5 nitrogen and oxygen atoms in total. The van der Waals surface area contributed by atoms with Gasteiger partial charge in [0, 0.05) is 31.7 Å². The molecule has 2 N–H and O–H groups in total. The normalized spacial score (nSPS) is 19.2. The van der Waals surface area contributed by atoms with Gasteiger partial charge in [0.2, 0.25) is 0 Å². The lowest BCUT2D eigenvalue weighted by Crippen LogP contribution is -2.29. The van der Waals surface area contributed by atoms with Crippen molar-refractivity contribution < 1.29 is 9.53 Å². The van der Waals surface area contributed by atoms with E-state index in [1.807, 2.05) is 0 Å². The first-order valence-corrected chi connectivity index (χ1v) is 6.19. The number of ether oxygens (including phenoxy) is 1. The second kappa shape index (κ2) is 5.54. The molecule has 0 bridgehead atoms. The average molecular weight is 270 g/mol.